The van der Waals surface area contributed by atoms with Crippen molar-refractivity contribution in [1.29, 1.82) is 5.26 Å². The number of ether oxygens (including phenoxy) is 1. The summed E-state index contributed by atoms with van der Waals surface area (Å²) in [5.74, 6) is -0.296. The molecule has 0 bridgehead atoms. The van der Waals surface area contributed by atoms with Crippen LogP contribution in [-0.2, 0) is 17.6 Å². The third-order valence-corrected chi connectivity index (χ3v) is 7.62. The van der Waals surface area contributed by atoms with Crippen LogP contribution in [0.1, 0.15) is 45.6 Å². The standard InChI is InChI=1S/C21H19N3O2S3/c1-2-26-21(25)18-14-6-3-4-7-16(14)29-20(18)23-11-13(10-22)19-24-15(12-28-19)17-8-5-9-27-17/h5,8-9,11-12,23H,2-4,6-7H2,1H3. The van der Waals surface area contributed by atoms with Crippen molar-refractivity contribution in [2.24, 2.45) is 0 Å². The Morgan fingerprint density at radius 2 is 2.24 bits per heavy atom. The maximum atomic E-state index is 12.6. The van der Waals surface area contributed by atoms with E-state index in [1.165, 1.54) is 16.2 Å². The molecular formula is C21H19N3O2S3. The molecule has 4 rings (SSSR count). The van der Waals surface area contributed by atoms with Crippen LogP contribution < -0.4 is 5.32 Å². The molecule has 0 atom stereocenters. The summed E-state index contributed by atoms with van der Waals surface area (Å²) in [5, 5.41) is 18.2. The maximum absolute atomic E-state index is 12.6. The van der Waals surface area contributed by atoms with Crippen molar-refractivity contribution in [3.05, 3.63) is 50.1 Å². The van der Waals surface area contributed by atoms with Gasteiger partial charge in [-0.1, -0.05) is 6.07 Å². The minimum atomic E-state index is -0.296. The van der Waals surface area contributed by atoms with Gasteiger partial charge in [0, 0.05) is 16.5 Å². The zero-order valence-corrected chi connectivity index (χ0v) is 18.3. The van der Waals surface area contributed by atoms with Gasteiger partial charge in [0.15, 0.2) is 0 Å². The Balaban J connectivity index is 1.63. The van der Waals surface area contributed by atoms with E-state index in [1.807, 2.05) is 29.8 Å². The molecule has 3 aromatic heterocycles. The SMILES string of the molecule is CCOC(=O)c1c(NC=C(C#N)c2nc(-c3cccs3)cs2)sc2c1CCCC2. The van der Waals surface area contributed by atoms with Crippen LogP contribution in [0.4, 0.5) is 5.00 Å². The number of carbonyl (C=O) groups is 1. The molecule has 1 aliphatic carbocycles. The smallest absolute Gasteiger partial charge is 0.341 e. The Kier molecular flexibility index (Phi) is 6.09. The number of allylic oxidation sites excluding steroid dienone is 1. The fourth-order valence-corrected chi connectivity index (χ4v) is 6.09. The number of nitriles is 1. The number of nitrogens with zero attached hydrogens (tertiary/aromatic N) is 2. The fourth-order valence-electron chi connectivity index (χ4n) is 3.30. The largest absolute Gasteiger partial charge is 0.462 e. The van der Waals surface area contributed by atoms with E-state index in [1.54, 1.807) is 28.9 Å². The maximum Gasteiger partial charge on any atom is 0.341 e. The van der Waals surface area contributed by atoms with Gasteiger partial charge in [-0.3, -0.25) is 0 Å². The molecule has 0 amide bonds. The molecule has 5 nitrogen and oxygen atoms in total. The number of hydrogen-bond donors (Lipinski definition) is 1. The quantitative estimate of drug-likeness (QED) is 0.377. The number of hydrogen-bond acceptors (Lipinski definition) is 8. The summed E-state index contributed by atoms with van der Waals surface area (Å²) < 4.78 is 5.29. The van der Waals surface area contributed by atoms with Crippen LogP contribution in [0.5, 0.6) is 0 Å². The Bertz CT molecular complexity index is 1090. The molecule has 0 unspecified atom stereocenters. The average Bonchev–Trinajstić information content (AvgIpc) is 3.47. The van der Waals surface area contributed by atoms with Crippen LogP contribution in [0, 0.1) is 11.3 Å². The Morgan fingerprint density at radius 3 is 3.00 bits per heavy atom. The normalized spacial score (nSPS) is 13.6. The first-order valence-electron chi connectivity index (χ1n) is 9.39. The first kappa shape index (κ1) is 19.8. The highest BCUT2D eigenvalue weighted by Crippen LogP contribution is 2.39. The Morgan fingerprint density at radius 1 is 1.38 bits per heavy atom. The third kappa shape index (κ3) is 4.13. The van der Waals surface area contributed by atoms with Crippen LogP contribution in [-0.4, -0.2) is 17.6 Å². The van der Waals surface area contributed by atoms with Gasteiger partial charge in [-0.15, -0.1) is 34.0 Å². The zero-order chi connectivity index (χ0) is 20.2. The van der Waals surface area contributed by atoms with E-state index in [-0.39, 0.29) is 5.97 Å². The number of carbonyl (C=O) groups excluding carboxylic acids is 1. The van der Waals surface area contributed by atoms with Gasteiger partial charge in [0.2, 0.25) is 0 Å². The summed E-state index contributed by atoms with van der Waals surface area (Å²) in [6.45, 7) is 2.15. The molecule has 148 valence electrons. The van der Waals surface area contributed by atoms with Gasteiger partial charge in [0.25, 0.3) is 0 Å². The third-order valence-electron chi connectivity index (χ3n) is 4.63. The molecule has 0 spiro atoms. The lowest BCUT2D eigenvalue weighted by atomic mass is 9.95. The van der Waals surface area contributed by atoms with E-state index in [2.05, 4.69) is 16.4 Å². The van der Waals surface area contributed by atoms with Gasteiger partial charge >= 0.3 is 5.97 Å². The van der Waals surface area contributed by atoms with E-state index in [0.29, 0.717) is 22.8 Å². The lowest BCUT2D eigenvalue weighted by Gasteiger charge is -2.12. The summed E-state index contributed by atoms with van der Waals surface area (Å²) in [6.07, 6.45) is 5.75. The predicted octanol–water partition coefficient (Wildman–Crippen LogP) is 5.97. The summed E-state index contributed by atoms with van der Waals surface area (Å²) in [5.41, 5.74) is 3.04. The zero-order valence-electron chi connectivity index (χ0n) is 15.9. The molecule has 0 aliphatic heterocycles. The molecule has 1 N–H and O–H groups in total. The number of thiophene rings is 2. The van der Waals surface area contributed by atoms with Crippen LogP contribution in [0.25, 0.3) is 16.1 Å². The van der Waals surface area contributed by atoms with Gasteiger partial charge in [-0.25, -0.2) is 9.78 Å². The van der Waals surface area contributed by atoms with Crippen LogP contribution in [0.2, 0.25) is 0 Å². The number of thiazole rings is 1. The monoisotopic (exact) mass is 441 g/mol. The van der Waals surface area contributed by atoms with Gasteiger partial charge in [-0.2, -0.15) is 5.26 Å². The van der Waals surface area contributed by atoms with Crippen LogP contribution in [0.3, 0.4) is 0 Å². The summed E-state index contributed by atoms with van der Waals surface area (Å²) in [6, 6.07) is 6.22. The topological polar surface area (TPSA) is 75.0 Å². The van der Waals surface area contributed by atoms with Gasteiger partial charge in [-0.05, 0) is 49.6 Å². The second-order valence-electron chi connectivity index (χ2n) is 6.46. The molecule has 0 saturated heterocycles. The second-order valence-corrected chi connectivity index (χ2v) is 9.38. The van der Waals surface area contributed by atoms with E-state index in [9.17, 15) is 10.1 Å². The number of aromatic nitrogens is 1. The minimum Gasteiger partial charge on any atom is -0.462 e. The molecule has 0 radical (unpaired) electrons. The molecule has 0 fully saturated rings. The second kappa shape index (κ2) is 8.91. The molecule has 3 aromatic rings. The summed E-state index contributed by atoms with van der Waals surface area (Å²) in [4.78, 5) is 19.5. The highest BCUT2D eigenvalue weighted by molar-refractivity contribution is 7.16. The highest BCUT2D eigenvalue weighted by atomic mass is 32.1. The number of anilines is 1. The lowest BCUT2D eigenvalue weighted by molar-refractivity contribution is 0.0526. The fraction of sp³-hybridized carbons (Fsp3) is 0.286. The molecule has 0 saturated carbocycles. The van der Waals surface area contributed by atoms with Crippen molar-refractivity contribution in [3.63, 3.8) is 0 Å². The number of aryl methyl sites for hydroxylation is 1. The number of fused-ring (bicyclic) bond motifs is 1. The first-order valence-corrected chi connectivity index (χ1v) is 12.0. The van der Waals surface area contributed by atoms with Gasteiger partial charge in [0.1, 0.15) is 21.7 Å². The van der Waals surface area contributed by atoms with E-state index >= 15 is 0 Å². The van der Waals surface area contributed by atoms with E-state index in [0.717, 1.165) is 46.8 Å². The van der Waals surface area contributed by atoms with E-state index < -0.39 is 0 Å². The Hall–Kier alpha value is -2.47. The van der Waals surface area contributed by atoms with Crippen LogP contribution >= 0.6 is 34.0 Å². The summed E-state index contributed by atoms with van der Waals surface area (Å²) >= 11 is 4.64. The molecule has 1 aliphatic rings. The van der Waals surface area contributed by atoms with Crippen molar-refractivity contribution in [2.45, 2.75) is 32.6 Å². The van der Waals surface area contributed by atoms with Crippen molar-refractivity contribution in [1.82, 2.24) is 4.98 Å². The van der Waals surface area contributed by atoms with Crippen molar-refractivity contribution in [3.8, 4) is 16.6 Å². The highest BCUT2D eigenvalue weighted by Gasteiger charge is 2.26. The number of nitrogens with one attached hydrogen (secondary N) is 1. The summed E-state index contributed by atoms with van der Waals surface area (Å²) in [7, 11) is 0. The van der Waals surface area contributed by atoms with Crippen molar-refractivity contribution in [2.75, 3.05) is 11.9 Å². The minimum absolute atomic E-state index is 0.296. The Labute approximate surface area is 181 Å². The van der Waals surface area contributed by atoms with Gasteiger partial charge in [0.05, 0.1) is 22.7 Å². The molecular weight excluding hydrogens is 422 g/mol. The van der Waals surface area contributed by atoms with E-state index in [4.69, 9.17) is 4.74 Å². The predicted molar refractivity (Wildman–Crippen MR) is 120 cm³/mol. The number of rotatable bonds is 6. The molecule has 8 heteroatoms. The average molecular weight is 442 g/mol. The molecule has 0 aromatic carbocycles. The first-order chi connectivity index (χ1) is 14.2. The van der Waals surface area contributed by atoms with Crippen molar-refractivity contribution < 1.29 is 9.53 Å². The lowest BCUT2D eigenvalue weighted by Crippen LogP contribution is -2.10. The van der Waals surface area contributed by atoms with Gasteiger partial charge < -0.3 is 10.1 Å². The molecule has 29 heavy (non-hydrogen) atoms. The molecule has 3 heterocycles. The number of esters is 1. The van der Waals surface area contributed by atoms with Crippen LogP contribution in [0.15, 0.2) is 29.1 Å². The van der Waals surface area contributed by atoms with Crippen molar-refractivity contribution >= 4 is 50.6 Å².